The average molecular weight is 264 g/mol. The van der Waals surface area contributed by atoms with Gasteiger partial charge in [0.1, 0.15) is 0 Å². The summed E-state index contributed by atoms with van der Waals surface area (Å²) >= 11 is 0. The van der Waals surface area contributed by atoms with Crippen LogP contribution in [-0.2, 0) is 0 Å². The van der Waals surface area contributed by atoms with E-state index in [1.807, 2.05) is 13.8 Å². The summed E-state index contributed by atoms with van der Waals surface area (Å²) in [7, 11) is 0. The lowest BCUT2D eigenvalue weighted by Gasteiger charge is -2.15. The molecule has 0 aliphatic rings. The van der Waals surface area contributed by atoms with E-state index in [4.69, 9.17) is 5.11 Å². The maximum atomic E-state index is 11.7. The fourth-order valence-corrected chi connectivity index (χ4v) is 1.83. The van der Waals surface area contributed by atoms with Crippen molar-refractivity contribution in [3.63, 3.8) is 0 Å². The molecule has 0 aromatic heterocycles. The second-order valence-corrected chi connectivity index (χ2v) is 4.64. The molecule has 1 atom stereocenters. The first kappa shape index (κ1) is 15.0. The molecule has 5 nitrogen and oxygen atoms in total. The zero-order chi connectivity index (χ0) is 14.4. The zero-order valence-corrected chi connectivity index (χ0v) is 11.5. The number of nitrogens with one attached hydrogen (secondary N) is 2. The maximum absolute atomic E-state index is 11.7. The summed E-state index contributed by atoms with van der Waals surface area (Å²) in [5, 5.41) is 14.4. The monoisotopic (exact) mass is 264 g/mol. The summed E-state index contributed by atoms with van der Waals surface area (Å²) in [6.07, 6.45) is 1.86. The normalized spacial score (nSPS) is 11.7. The van der Waals surface area contributed by atoms with Gasteiger partial charge in [-0.2, -0.15) is 0 Å². The molecule has 0 saturated carbocycles. The van der Waals surface area contributed by atoms with E-state index < -0.39 is 5.97 Å². The van der Waals surface area contributed by atoms with E-state index in [-0.39, 0.29) is 17.6 Å². The maximum Gasteiger partial charge on any atom is 0.337 e. The van der Waals surface area contributed by atoms with Gasteiger partial charge in [-0.1, -0.05) is 25.0 Å². The largest absolute Gasteiger partial charge is 0.478 e. The fourth-order valence-electron chi connectivity index (χ4n) is 1.83. The highest BCUT2D eigenvalue weighted by atomic mass is 16.4. The van der Waals surface area contributed by atoms with Gasteiger partial charge in [-0.15, -0.1) is 0 Å². The van der Waals surface area contributed by atoms with Gasteiger partial charge in [0.15, 0.2) is 0 Å². The standard InChI is InChI=1S/C14H20N2O3/c1-4-5-10(3)15-14(19)16-12-7-6-9(2)8-11(12)13(17)18/h6-8,10H,4-5H2,1-3H3,(H,17,18)(H2,15,16,19). The molecule has 2 amide bonds. The summed E-state index contributed by atoms with van der Waals surface area (Å²) in [5.41, 5.74) is 1.24. The lowest BCUT2D eigenvalue weighted by Crippen LogP contribution is -2.36. The molecule has 19 heavy (non-hydrogen) atoms. The number of carboxylic acids is 1. The Kier molecular flexibility index (Phi) is 5.36. The van der Waals surface area contributed by atoms with Crippen LogP contribution in [0.1, 0.15) is 42.6 Å². The highest BCUT2D eigenvalue weighted by molar-refractivity contribution is 6.00. The molecule has 0 spiro atoms. The number of carbonyl (C=O) groups is 2. The molecular formula is C14H20N2O3. The van der Waals surface area contributed by atoms with E-state index in [0.29, 0.717) is 5.69 Å². The Hall–Kier alpha value is -2.04. The number of benzene rings is 1. The van der Waals surface area contributed by atoms with E-state index >= 15 is 0 Å². The molecular weight excluding hydrogens is 244 g/mol. The van der Waals surface area contributed by atoms with Crippen molar-refractivity contribution in [2.75, 3.05) is 5.32 Å². The van der Waals surface area contributed by atoms with Crippen LogP contribution in [0.5, 0.6) is 0 Å². The highest BCUT2D eigenvalue weighted by Crippen LogP contribution is 2.17. The van der Waals surface area contributed by atoms with Gasteiger partial charge in [0.25, 0.3) is 0 Å². The van der Waals surface area contributed by atoms with Crippen molar-refractivity contribution in [3.05, 3.63) is 29.3 Å². The van der Waals surface area contributed by atoms with Gasteiger partial charge in [0.2, 0.25) is 0 Å². The molecule has 0 saturated heterocycles. The third-order valence-electron chi connectivity index (χ3n) is 2.75. The number of hydrogen-bond donors (Lipinski definition) is 3. The summed E-state index contributed by atoms with van der Waals surface area (Å²) in [6, 6.07) is 4.57. The topological polar surface area (TPSA) is 78.4 Å². The Bertz CT molecular complexity index is 472. The van der Waals surface area contributed by atoms with E-state index in [1.54, 1.807) is 19.1 Å². The van der Waals surface area contributed by atoms with Gasteiger partial charge in [0.05, 0.1) is 11.3 Å². The molecule has 1 unspecified atom stereocenters. The summed E-state index contributed by atoms with van der Waals surface area (Å²) in [6.45, 7) is 5.76. The number of carbonyl (C=O) groups excluding carboxylic acids is 1. The Balaban J connectivity index is 2.76. The van der Waals surface area contributed by atoms with Crippen molar-refractivity contribution in [1.82, 2.24) is 5.32 Å². The number of carboxylic acid groups (broad SMARTS) is 1. The van der Waals surface area contributed by atoms with Gasteiger partial charge >= 0.3 is 12.0 Å². The van der Waals surface area contributed by atoms with Crippen LogP contribution in [0.4, 0.5) is 10.5 Å². The van der Waals surface area contributed by atoms with Crippen LogP contribution < -0.4 is 10.6 Å². The number of aryl methyl sites for hydroxylation is 1. The molecule has 0 aliphatic heterocycles. The summed E-state index contributed by atoms with van der Waals surface area (Å²) < 4.78 is 0. The van der Waals surface area contributed by atoms with Crippen LogP contribution in [0.25, 0.3) is 0 Å². The fraction of sp³-hybridized carbons (Fsp3) is 0.429. The summed E-state index contributed by atoms with van der Waals surface area (Å²) in [5.74, 6) is -1.05. The van der Waals surface area contributed by atoms with E-state index in [0.717, 1.165) is 18.4 Å². The van der Waals surface area contributed by atoms with Crippen LogP contribution in [-0.4, -0.2) is 23.1 Å². The molecule has 3 N–H and O–H groups in total. The van der Waals surface area contributed by atoms with E-state index in [2.05, 4.69) is 10.6 Å². The van der Waals surface area contributed by atoms with Crippen molar-refractivity contribution in [1.29, 1.82) is 0 Å². The van der Waals surface area contributed by atoms with Crippen LogP contribution in [0.3, 0.4) is 0 Å². The van der Waals surface area contributed by atoms with Gasteiger partial charge in [-0.25, -0.2) is 9.59 Å². The molecule has 0 fully saturated rings. The minimum absolute atomic E-state index is 0.0590. The molecule has 5 heteroatoms. The number of amides is 2. The Morgan fingerprint density at radius 3 is 2.63 bits per heavy atom. The van der Waals surface area contributed by atoms with Crippen molar-refractivity contribution < 1.29 is 14.7 Å². The van der Waals surface area contributed by atoms with Gasteiger partial charge < -0.3 is 15.7 Å². The minimum atomic E-state index is -1.05. The second kappa shape index (κ2) is 6.78. The Labute approximate surface area is 113 Å². The Morgan fingerprint density at radius 2 is 2.05 bits per heavy atom. The third-order valence-corrected chi connectivity index (χ3v) is 2.75. The first-order valence-electron chi connectivity index (χ1n) is 6.35. The lowest BCUT2D eigenvalue weighted by atomic mass is 10.1. The molecule has 0 radical (unpaired) electrons. The number of hydrogen-bond acceptors (Lipinski definition) is 2. The second-order valence-electron chi connectivity index (χ2n) is 4.64. The molecule has 0 heterocycles. The highest BCUT2D eigenvalue weighted by Gasteiger charge is 2.13. The van der Waals surface area contributed by atoms with Crippen molar-refractivity contribution in [2.45, 2.75) is 39.7 Å². The predicted molar refractivity (Wildman–Crippen MR) is 74.7 cm³/mol. The average Bonchev–Trinajstić information content (AvgIpc) is 2.31. The Morgan fingerprint density at radius 1 is 1.37 bits per heavy atom. The SMILES string of the molecule is CCCC(C)NC(=O)Nc1ccc(C)cc1C(=O)O. The molecule has 104 valence electrons. The van der Waals surface area contributed by atoms with Crippen molar-refractivity contribution in [3.8, 4) is 0 Å². The van der Waals surface area contributed by atoms with Crippen LogP contribution in [0, 0.1) is 6.92 Å². The minimum Gasteiger partial charge on any atom is -0.478 e. The number of rotatable bonds is 5. The van der Waals surface area contributed by atoms with E-state index in [9.17, 15) is 9.59 Å². The van der Waals surface area contributed by atoms with Crippen LogP contribution in [0.15, 0.2) is 18.2 Å². The molecule has 0 aliphatic carbocycles. The van der Waals surface area contributed by atoms with E-state index in [1.165, 1.54) is 6.07 Å². The smallest absolute Gasteiger partial charge is 0.337 e. The predicted octanol–water partition coefficient (Wildman–Crippen LogP) is 3.00. The van der Waals surface area contributed by atoms with Crippen LogP contribution >= 0.6 is 0 Å². The first-order chi connectivity index (χ1) is 8.93. The van der Waals surface area contributed by atoms with Gasteiger partial charge in [-0.3, -0.25) is 0 Å². The van der Waals surface area contributed by atoms with Gasteiger partial charge in [0, 0.05) is 6.04 Å². The number of urea groups is 1. The van der Waals surface area contributed by atoms with Crippen molar-refractivity contribution in [2.24, 2.45) is 0 Å². The third kappa shape index (κ3) is 4.62. The molecule has 0 bridgehead atoms. The lowest BCUT2D eigenvalue weighted by molar-refractivity contribution is 0.0698. The van der Waals surface area contributed by atoms with Crippen molar-refractivity contribution >= 4 is 17.7 Å². The van der Waals surface area contributed by atoms with Gasteiger partial charge in [-0.05, 0) is 32.4 Å². The summed E-state index contributed by atoms with van der Waals surface area (Å²) in [4.78, 5) is 22.9. The molecule has 1 rings (SSSR count). The zero-order valence-electron chi connectivity index (χ0n) is 11.5. The molecule has 1 aromatic rings. The van der Waals surface area contributed by atoms with Crippen LogP contribution in [0.2, 0.25) is 0 Å². The molecule has 1 aromatic carbocycles. The first-order valence-corrected chi connectivity index (χ1v) is 6.35. The quantitative estimate of drug-likeness (QED) is 0.765. The number of anilines is 1. The number of aromatic carboxylic acids is 1.